The average molecular weight is 299 g/mol. The summed E-state index contributed by atoms with van der Waals surface area (Å²) in [7, 11) is 5.03. The molecule has 1 unspecified atom stereocenters. The summed E-state index contributed by atoms with van der Waals surface area (Å²) in [5.41, 5.74) is 3.81. The molecular weight excluding hydrogens is 278 g/mol. The Kier molecular flexibility index (Phi) is 4.20. The van der Waals surface area contributed by atoms with Crippen molar-refractivity contribution in [2.45, 2.75) is 12.5 Å². The van der Waals surface area contributed by atoms with E-state index in [1.54, 1.807) is 21.3 Å². The lowest BCUT2D eigenvalue weighted by atomic mass is 9.85. The predicted molar refractivity (Wildman–Crippen MR) is 86.1 cm³/mol. The third-order valence-corrected chi connectivity index (χ3v) is 4.20. The van der Waals surface area contributed by atoms with Crippen LogP contribution in [0.2, 0.25) is 0 Å². The van der Waals surface area contributed by atoms with Crippen LogP contribution in [0.4, 0.5) is 0 Å². The quantitative estimate of drug-likeness (QED) is 0.942. The molecule has 1 atom stereocenters. The van der Waals surface area contributed by atoms with Crippen LogP contribution < -0.4 is 19.5 Å². The Morgan fingerprint density at radius 1 is 0.909 bits per heavy atom. The molecule has 3 rings (SSSR count). The second-order valence-electron chi connectivity index (χ2n) is 5.36. The molecule has 0 amide bonds. The van der Waals surface area contributed by atoms with Crippen LogP contribution in [0.25, 0.3) is 0 Å². The zero-order valence-corrected chi connectivity index (χ0v) is 13.2. The molecule has 0 spiro atoms. The van der Waals surface area contributed by atoms with Crippen LogP contribution in [0, 0.1) is 0 Å². The molecule has 0 saturated heterocycles. The van der Waals surface area contributed by atoms with Gasteiger partial charge in [-0.15, -0.1) is 0 Å². The number of nitrogens with one attached hydrogen (secondary N) is 1. The topological polar surface area (TPSA) is 39.7 Å². The fraction of sp³-hybridized carbons (Fsp3) is 0.333. The minimum atomic E-state index is 0.300. The first kappa shape index (κ1) is 14.7. The molecule has 0 fully saturated rings. The summed E-state index contributed by atoms with van der Waals surface area (Å²) in [6.07, 6.45) is 0. The van der Waals surface area contributed by atoms with E-state index in [1.807, 2.05) is 12.1 Å². The van der Waals surface area contributed by atoms with Gasteiger partial charge in [0, 0.05) is 19.0 Å². The largest absolute Gasteiger partial charge is 0.497 e. The van der Waals surface area contributed by atoms with Crippen LogP contribution in [-0.2, 0) is 6.54 Å². The van der Waals surface area contributed by atoms with Gasteiger partial charge in [0.05, 0.1) is 21.3 Å². The van der Waals surface area contributed by atoms with Crippen LogP contribution in [0.15, 0.2) is 36.4 Å². The Morgan fingerprint density at radius 3 is 2.23 bits per heavy atom. The molecule has 1 aliphatic rings. The first-order chi connectivity index (χ1) is 10.8. The summed E-state index contributed by atoms with van der Waals surface area (Å²) in [6, 6.07) is 12.4. The van der Waals surface area contributed by atoms with E-state index in [0.717, 1.165) is 30.3 Å². The molecule has 116 valence electrons. The first-order valence-corrected chi connectivity index (χ1v) is 7.36. The molecule has 2 aromatic rings. The van der Waals surface area contributed by atoms with Gasteiger partial charge in [0.2, 0.25) is 0 Å². The molecule has 2 aromatic carbocycles. The Labute approximate surface area is 131 Å². The number of hydrogen-bond donors (Lipinski definition) is 1. The summed E-state index contributed by atoms with van der Waals surface area (Å²) in [6.45, 7) is 1.76. The maximum Gasteiger partial charge on any atom is 0.161 e. The lowest BCUT2D eigenvalue weighted by Gasteiger charge is -2.28. The minimum Gasteiger partial charge on any atom is -0.497 e. The predicted octanol–water partition coefficient (Wildman–Crippen LogP) is 2.95. The highest BCUT2D eigenvalue weighted by Crippen LogP contribution is 2.38. The van der Waals surface area contributed by atoms with Crippen molar-refractivity contribution in [1.82, 2.24) is 5.32 Å². The fourth-order valence-electron chi connectivity index (χ4n) is 3.01. The Morgan fingerprint density at radius 2 is 1.59 bits per heavy atom. The zero-order chi connectivity index (χ0) is 15.5. The highest BCUT2D eigenvalue weighted by atomic mass is 16.5. The molecule has 0 aliphatic carbocycles. The van der Waals surface area contributed by atoms with Gasteiger partial charge < -0.3 is 19.5 Å². The zero-order valence-electron chi connectivity index (χ0n) is 13.2. The van der Waals surface area contributed by atoms with E-state index in [9.17, 15) is 0 Å². The van der Waals surface area contributed by atoms with Crippen molar-refractivity contribution < 1.29 is 14.2 Å². The SMILES string of the molecule is COc1ccc(C2CNCc3cc(OC)c(OC)cc32)cc1. The van der Waals surface area contributed by atoms with Gasteiger partial charge >= 0.3 is 0 Å². The number of fused-ring (bicyclic) bond motifs is 1. The second-order valence-corrected chi connectivity index (χ2v) is 5.36. The molecule has 0 bridgehead atoms. The third-order valence-electron chi connectivity index (χ3n) is 4.20. The van der Waals surface area contributed by atoms with Gasteiger partial charge in [-0.05, 0) is 41.0 Å². The van der Waals surface area contributed by atoms with Gasteiger partial charge in [0.1, 0.15) is 5.75 Å². The molecule has 4 nitrogen and oxygen atoms in total. The maximum atomic E-state index is 5.46. The number of rotatable bonds is 4. The average Bonchev–Trinajstić information content (AvgIpc) is 2.60. The maximum absolute atomic E-state index is 5.46. The van der Waals surface area contributed by atoms with Crippen molar-refractivity contribution in [2.24, 2.45) is 0 Å². The molecule has 0 aromatic heterocycles. The van der Waals surface area contributed by atoms with Crippen molar-refractivity contribution in [3.8, 4) is 17.2 Å². The van der Waals surface area contributed by atoms with E-state index in [4.69, 9.17) is 14.2 Å². The normalized spacial score (nSPS) is 16.8. The fourth-order valence-corrected chi connectivity index (χ4v) is 3.01. The summed E-state index contributed by atoms with van der Waals surface area (Å²) < 4.78 is 16.1. The summed E-state index contributed by atoms with van der Waals surface area (Å²) in [4.78, 5) is 0. The second kappa shape index (κ2) is 6.28. The molecule has 4 heteroatoms. The van der Waals surface area contributed by atoms with Crippen molar-refractivity contribution >= 4 is 0 Å². The first-order valence-electron chi connectivity index (χ1n) is 7.36. The van der Waals surface area contributed by atoms with E-state index in [1.165, 1.54) is 16.7 Å². The Hall–Kier alpha value is -2.20. The molecule has 22 heavy (non-hydrogen) atoms. The molecule has 1 heterocycles. The van der Waals surface area contributed by atoms with E-state index in [-0.39, 0.29) is 0 Å². The molecule has 1 aliphatic heterocycles. The van der Waals surface area contributed by atoms with E-state index in [2.05, 4.69) is 29.6 Å². The highest BCUT2D eigenvalue weighted by molar-refractivity contribution is 5.52. The summed E-state index contributed by atoms with van der Waals surface area (Å²) >= 11 is 0. The van der Waals surface area contributed by atoms with Crippen molar-refractivity contribution in [1.29, 1.82) is 0 Å². The van der Waals surface area contributed by atoms with Crippen LogP contribution >= 0.6 is 0 Å². The lowest BCUT2D eigenvalue weighted by Crippen LogP contribution is -2.28. The monoisotopic (exact) mass is 299 g/mol. The van der Waals surface area contributed by atoms with Crippen molar-refractivity contribution in [2.75, 3.05) is 27.9 Å². The molecule has 0 saturated carbocycles. The Bertz CT molecular complexity index is 652. The molecule has 1 N–H and O–H groups in total. The van der Waals surface area contributed by atoms with Gasteiger partial charge in [-0.25, -0.2) is 0 Å². The number of hydrogen-bond acceptors (Lipinski definition) is 4. The van der Waals surface area contributed by atoms with Gasteiger partial charge in [0.25, 0.3) is 0 Å². The van der Waals surface area contributed by atoms with E-state index >= 15 is 0 Å². The number of benzene rings is 2. The summed E-state index contributed by atoms with van der Waals surface area (Å²) in [5, 5.41) is 3.48. The van der Waals surface area contributed by atoms with Gasteiger partial charge in [-0.2, -0.15) is 0 Å². The van der Waals surface area contributed by atoms with Gasteiger partial charge in [-0.1, -0.05) is 12.1 Å². The standard InChI is InChI=1S/C18H21NO3/c1-20-14-6-4-12(5-7-14)16-11-19-10-13-8-17(21-2)18(22-3)9-15(13)16/h4-9,16,19H,10-11H2,1-3H3. The van der Waals surface area contributed by atoms with Crippen LogP contribution in [-0.4, -0.2) is 27.9 Å². The molecule has 0 radical (unpaired) electrons. The lowest BCUT2D eigenvalue weighted by molar-refractivity contribution is 0.353. The number of ether oxygens (including phenoxy) is 3. The third kappa shape index (κ3) is 2.62. The van der Waals surface area contributed by atoms with Crippen LogP contribution in [0.3, 0.4) is 0 Å². The van der Waals surface area contributed by atoms with Crippen molar-refractivity contribution in [3.05, 3.63) is 53.1 Å². The van der Waals surface area contributed by atoms with Crippen LogP contribution in [0.5, 0.6) is 17.2 Å². The highest BCUT2D eigenvalue weighted by Gasteiger charge is 2.24. The van der Waals surface area contributed by atoms with Gasteiger partial charge in [-0.3, -0.25) is 0 Å². The molecular formula is C18H21NO3. The summed E-state index contributed by atoms with van der Waals surface area (Å²) in [5.74, 6) is 2.73. The van der Waals surface area contributed by atoms with Crippen molar-refractivity contribution in [3.63, 3.8) is 0 Å². The minimum absolute atomic E-state index is 0.300. The van der Waals surface area contributed by atoms with Gasteiger partial charge in [0.15, 0.2) is 11.5 Å². The van der Waals surface area contributed by atoms with Crippen LogP contribution in [0.1, 0.15) is 22.6 Å². The van der Waals surface area contributed by atoms with E-state index < -0.39 is 0 Å². The Balaban J connectivity index is 2.02. The smallest absolute Gasteiger partial charge is 0.161 e. The number of methoxy groups -OCH3 is 3. The van der Waals surface area contributed by atoms with E-state index in [0.29, 0.717) is 5.92 Å².